The molecule has 0 amide bonds. The molecule has 1 aromatic rings. The fraction of sp³-hybridized carbons (Fsp3) is 0.500. The Balaban J connectivity index is 2.12. The summed E-state index contributed by atoms with van der Waals surface area (Å²) in [7, 11) is 0. The molecule has 0 aromatic carbocycles. The SMILES string of the molecule is NNC(c1cccnc1)C1CCCO1. The van der Waals surface area contributed by atoms with Crippen molar-refractivity contribution in [1.29, 1.82) is 0 Å². The number of aromatic nitrogens is 1. The van der Waals surface area contributed by atoms with Crippen LogP contribution in [0.4, 0.5) is 0 Å². The highest BCUT2D eigenvalue weighted by Crippen LogP contribution is 2.25. The van der Waals surface area contributed by atoms with Crippen molar-refractivity contribution in [2.75, 3.05) is 6.61 Å². The maximum absolute atomic E-state index is 5.59. The quantitative estimate of drug-likeness (QED) is 0.549. The minimum Gasteiger partial charge on any atom is -0.376 e. The molecule has 0 spiro atoms. The predicted molar refractivity (Wildman–Crippen MR) is 53.3 cm³/mol. The smallest absolute Gasteiger partial charge is 0.0784 e. The molecule has 1 fully saturated rings. The number of nitrogens with two attached hydrogens (primary N) is 1. The van der Waals surface area contributed by atoms with Gasteiger partial charge in [-0.25, -0.2) is 0 Å². The summed E-state index contributed by atoms with van der Waals surface area (Å²) in [5.74, 6) is 5.53. The van der Waals surface area contributed by atoms with Crippen molar-refractivity contribution in [3.63, 3.8) is 0 Å². The molecule has 2 atom stereocenters. The van der Waals surface area contributed by atoms with Gasteiger partial charge in [0.25, 0.3) is 0 Å². The van der Waals surface area contributed by atoms with E-state index >= 15 is 0 Å². The van der Waals surface area contributed by atoms with Gasteiger partial charge < -0.3 is 4.74 Å². The van der Waals surface area contributed by atoms with E-state index < -0.39 is 0 Å². The molecule has 14 heavy (non-hydrogen) atoms. The first-order valence-electron chi connectivity index (χ1n) is 4.89. The highest BCUT2D eigenvalue weighted by Gasteiger charge is 2.26. The molecule has 76 valence electrons. The zero-order valence-corrected chi connectivity index (χ0v) is 8.02. The number of pyridine rings is 1. The van der Waals surface area contributed by atoms with Gasteiger partial charge in [-0.1, -0.05) is 6.07 Å². The van der Waals surface area contributed by atoms with Gasteiger partial charge in [0.15, 0.2) is 0 Å². The van der Waals surface area contributed by atoms with Crippen LogP contribution in [-0.4, -0.2) is 17.7 Å². The molecule has 4 heteroatoms. The summed E-state index contributed by atoms with van der Waals surface area (Å²) in [4.78, 5) is 4.07. The molecular formula is C10H15N3O. The Bertz CT molecular complexity index is 272. The van der Waals surface area contributed by atoms with Gasteiger partial charge in [0.2, 0.25) is 0 Å². The normalized spacial score (nSPS) is 23.6. The predicted octanol–water partition coefficient (Wildman–Crippen LogP) is 0.765. The second-order valence-corrected chi connectivity index (χ2v) is 3.48. The van der Waals surface area contributed by atoms with Gasteiger partial charge in [0.1, 0.15) is 0 Å². The van der Waals surface area contributed by atoms with Crippen molar-refractivity contribution in [1.82, 2.24) is 10.4 Å². The van der Waals surface area contributed by atoms with Crippen molar-refractivity contribution in [3.8, 4) is 0 Å². The number of ether oxygens (including phenoxy) is 1. The van der Waals surface area contributed by atoms with Gasteiger partial charge in [-0.15, -0.1) is 0 Å². The lowest BCUT2D eigenvalue weighted by atomic mass is 10.0. The highest BCUT2D eigenvalue weighted by molar-refractivity contribution is 5.15. The van der Waals surface area contributed by atoms with Crippen molar-refractivity contribution >= 4 is 0 Å². The summed E-state index contributed by atoms with van der Waals surface area (Å²) in [6.45, 7) is 0.836. The van der Waals surface area contributed by atoms with Crippen LogP contribution < -0.4 is 11.3 Å². The molecule has 2 heterocycles. The van der Waals surface area contributed by atoms with Gasteiger partial charge in [-0.05, 0) is 24.5 Å². The minimum absolute atomic E-state index is 0.0613. The fourth-order valence-corrected chi connectivity index (χ4v) is 1.84. The topological polar surface area (TPSA) is 60.2 Å². The second-order valence-electron chi connectivity index (χ2n) is 3.48. The van der Waals surface area contributed by atoms with Crippen LogP contribution in [0.3, 0.4) is 0 Å². The standard InChI is InChI=1S/C10H15N3O/c11-13-10(9-4-2-6-14-9)8-3-1-5-12-7-8/h1,3,5,7,9-10,13H,2,4,6,11H2. The van der Waals surface area contributed by atoms with E-state index in [9.17, 15) is 0 Å². The zero-order chi connectivity index (χ0) is 9.80. The zero-order valence-electron chi connectivity index (χ0n) is 8.02. The van der Waals surface area contributed by atoms with Gasteiger partial charge in [-0.2, -0.15) is 0 Å². The molecular weight excluding hydrogens is 178 g/mol. The first-order chi connectivity index (χ1) is 6.92. The molecule has 3 N–H and O–H groups in total. The van der Waals surface area contributed by atoms with Crippen LogP contribution in [0.1, 0.15) is 24.4 Å². The van der Waals surface area contributed by atoms with Crippen LogP contribution in [0, 0.1) is 0 Å². The number of nitrogens with zero attached hydrogens (tertiary/aromatic N) is 1. The molecule has 1 aliphatic rings. The van der Waals surface area contributed by atoms with Gasteiger partial charge >= 0.3 is 0 Å². The average molecular weight is 193 g/mol. The second kappa shape index (κ2) is 4.50. The van der Waals surface area contributed by atoms with Crippen molar-refractivity contribution in [2.45, 2.75) is 25.0 Å². The molecule has 0 aliphatic carbocycles. The molecule has 1 aliphatic heterocycles. The summed E-state index contributed by atoms with van der Waals surface area (Å²) >= 11 is 0. The van der Waals surface area contributed by atoms with E-state index in [0.717, 1.165) is 25.0 Å². The molecule has 0 radical (unpaired) electrons. The lowest BCUT2D eigenvalue weighted by Crippen LogP contribution is -2.36. The van der Waals surface area contributed by atoms with E-state index in [-0.39, 0.29) is 12.1 Å². The maximum atomic E-state index is 5.59. The molecule has 1 aromatic heterocycles. The van der Waals surface area contributed by atoms with E-state index in [1.807, 2.05) is 18.3 Å². The molecule has 0 saturated carbocycles. The first-order valence-corrected chi connectivity index (χ1v) is 4.89. The summed E-state index contributed by atoms with van der Waals surface area (Å²) < 4.78 is 5.59. The molecule has 4 nitrogen and oxygen atoms in total. The number of hydrogen-bond donors (Lipinski definition) is 2. The molecule has 2 rings (SSSR count). The van der Waals surface area contributed by atoms with Crippen molar-refractivity contribution in [2.24, 2.45) is 5.84 Å². The van der Waals surface area contributed by atoms with Crippen LogP contribution in [-0.2, 0) is 4.74 Å². The van der Waals surface area contributed by atoms with Gasteiger partial charge in [0, 0.05) is 19.0 Å². The lowest BCUT2D eigenvalue weighted by Gasteiger charge is -2.21. The van der Waals surface area contributed by atoms with Gasteiger partial charge in [0.05, 0.1) is 12.1 Å². The van der Waals surface area contributed by atoms with Crippen LogP contribution in [0.15, 0.2) is 24.5 Å². The third kappa shape index (κ3) is 1.92. The monoisotopic (exact) mass is 193 g/mol. The van der Waals surface area contributed by atoms with Crippen LogP contribution >= 0.6 is 0 Å². The first kappa shape index (κ1) is 9.58. The Labute approximate surface area is 83.4 Å². The fourth-order valence-electron chi connectivity index (χ4n) is 1.84. The maximum Gasteiger partial charge on any atom is 0.0784 e. The largest absolute Gasteiger partial charge is 0.376 e. The number of hydrazine groups is 1. The minimum atomic E-state index is 0.0613. The van der Waals surface area contributed by atoms with Crippen molar-refractivity contribution in [3.05, 3.63) is 30.1 Å². The van der Waals surface area contributed by atoms with E-state index in [1.54, 1.807) is 6.20 Å². The third-order valence-electron chi connectivity index (χ3n) is 2.56. The van der Waals surface area contributed by atoms with E-state index in [4.69, 9.17) is 10.6 Å². The summed E-state index contributed by atoms with van der Waals surface area (Å²) in [6, 6.07) is 3.99. The summed E-state index contributed by atoms with van der Waals surface area (Å²) in [5.41, 5.74) is 3.88. The molecule has 1 saturated heterocycles. The molecule has 2 unspecified atom stereocenters. The Morgan fingerprint density at radius 1 is 1.64 bits per heavy atom. The molecule has 0 bridgehead atoms. The van der Waals surface area contributed by atoms with Crippen LogP contribution in [0.5, 0.6) is 0 Å². The average Bonchev–Trinajstić information content (AvgIpc) is 2.74. The highest BCUT2D eigenvalue weighted by atomic mass is 16.5. The summed E-state index contributed by atoms with van der Waals surface area (Å²) in [5, 5.41) is 0. The Kier molecular flexibility index (Phi) is 3.08. The lowest BCUT2D eigenvalue weighted by molar-refractivity contribution is 0.0782. The Morgan fingerprint density at radius 3 is 3.14 bits per heavy atom. The third-order valence-corrected chi connectivity index (χ3v) is 2.56. The van der Waals surface area contributed by atoms with Crippen LogP contribution in [0.25, 0.3) is 0 Å². The van der Waals surface area contributed by atoms with E-state index in [0.29, 0.717) is 0 Å². The number of hydrogen-bond acceptors (Lipinski definition) is 4. The Morgan fingerprint density at radius 2 is 2.57 bits per heavy atom. The van der Waals surface area contributed by atoms with E-state index in [1.165, 1.54) is 0 Å². The van der Waals surface area contributed by atoms with Crippen molar-refractivity contribution < 1.29 is 4.74 Å². The summed E-state index contributed by atoms with van der Waals surface area (Å²) in [6.07, 6.45) is 5.94. The number of rotatable bonds is 3. The van der Waals surface area contributed by atoms with Crippen LogP contribution in [0.2, 0.25) is 0 Å². The van der Waals surface area contributed by atoms with Gasteiger partial charge in [-0.3, -0.25) is 16.3 Å². The number of nitrogens with one attached hydrogen (secondary N) is 1. The Hall–Kier alpha value is -0.970. The van der Waals surface area contributed by atoms with E-state index in [2.05, 4.69) is 10.4 Å².